The smallest absolute Gasteiger partial charge is 0.335 e. The lowest BCUT2D eigenvalue weighted by molar-refractivity contribution is -0.163. The van der Waals surface area contributed by atoms with E-state index in [1.165, 1.54) is 57.8 Å². The van der Waals surface area contributed by atoms with Crippen molar-refractivity contribution in [1.82, 2.24) is 0 Å². The largest absolute Gasteiger partial charge is 0.435 e. The average Bonchev–Trinajstić information content (AvgIpc) is 3.11. The summed E-state index contributed by atoms with van der Waals surface area (Å²) in [5.74, 6) is 2.90. The van der Waals surface area contributed by atoms with Gasteiger partial charge in [-0.3, -0.25) is 0 Å². The fraction of sp³-hybridized carbons (Fsp3) is 0.853. The molecule has 4 rings (SSSR count). The van der Waals surface area contributed by atoms with Crippen LogP contribution in [0.15, 0.2) is 23.8 Å². The van der Waals surface area contributed by atoms with E-state index in [1.54, 1.807) is 12.5 Å². The summed E-state index contributed by atoms with van der Waals surface area (Å²) in [5, 5.41) is 0. The fourth-order valence-electron chi connectivity index (χ4n) is 9.86. The van der Waals surface area contributed by atoms with E-state index in [9.17, 15) is 4.79 Å². The van der Waals surface area contributed by atoms with Crippen LogP contribution in [0, 0.1) is 45.3 Å². The van der Waals surface area contributed by atoms with Gasteiger partial charge < -0.3 is 9.47 Å². The van der Waals surface area contributed by atoms with Crippen LogP contribution in [0.25, 0.3) is 0 Å². The Balaban J connectivity index is 1.47. The first-order valence-corrected chi connectivity index (χ1v) is 15.4. The number of hydrogen-bond donors (Lipinski definition) is 0. The van der Waals surface area contributed by atoms with Gasteiger partial charge in [0.1, 0.15) is 0 Å². The van der Waals surface area contributed by atoms with Crippen LogP contribution in [0.1, 0.15) is 126 Å². The summed E-state index contributed by atoms with van der Waals surface area (Å²) in [4.78, 5) is 11.7. The molecule has 0 aromatic rings. The van der Waals surface area contributed by atoms with Crippen molar-refractivity contribution in [2.75, 3.05) is 6.79 Å². The highest BCUT2D eigenvalue weighted by Gasteiger charge is 2.67. The fourth-order valence-corrected chi connectivity index (χ4v) is 9.86. The van der Waals surface area contributed by atoms with Crippen molar-refractivity contribution in [3.05, 3.63) is 23.8 Å². The van der Waals surface area contributed by atoms with E-state index in [0.717, 1.165) is 36.5 Å². The second kappa shape index (κ2) is 10.5. The van der Waals surface area contributed by atoms with Gasteiger partial charge in [-0.25, -0.2) is 4.79 Å². The average molecular weight is 513 g/mol. The van der Waals surface area contributed by atoms with Gasteiger partial charge in [0.2, 0.25) is 0 Å². The summed E-state index contributed by atoms with van der Waals surface area (Å²) in [6.07, 6.45) is 16.9. The molecule has 0 aromatic heterocycles. The topological polar surface area (TPSA) is 35.5 Å². The van der Waals surface area contributed by atoms with Gasteiger partial charge in [0.15, 0.2) is 6.79 Å². The lowest BCUT2D eigenvalue weighted by Crippen LogP contribution is -2.58. The Morgan fingerprint density at radius 2 is 1.76 bits per heavy atom. The number of hydrogen-bond acceptors (Lipinski definition) is 3. The van der Waals surface area contributed by atoms with Crippen molar-refractivity contribution < 1.29 is 14.3 Å². The molecule has 210 valence electrons. The number of rotatable bonds is 9. The van der Waals surface area contributed by atoms with E-state index < -0.39 is 0 Å². The molecule has 0 radical (unpaired) electrons. The minimum Gasteiger partial charge on any atom is -0.435 e. The highest BCUT2D eigenvalue weighted by atomic mass is 16.7. The molecule has 8 atom stereocenters. The number of allylic oxidation sites excluding steroid dienone is 1. The molecule has 1 unspecified atom stereocenters. The molecule has 37 heavy (non-hydrogen) atoms. The zero-order chi connectivity index (χ0) is 27.2. The van der Waals surface area contributed by atoms with Gasteiger partial charge in [-0.1, -0.05) is 86.0 Å². The molecule has 3 nitrogen and oxygen atoms in total. The van der Waals surface area contributed by atoms with Gasteiger partial charge in [-0.15, -0.1) is 0 Å². The Labute approximate surface area is 228 Å². The Morgan fingerprint density at radius 3 is 2.43 bits per heavy atom. The first-order valence-electron chi connectivity index (χ1n) is 15.4. The molecule has 3 heteroatoms. The Hall–Kier alpha value is -1.09. The van der Waals surface area contributed by atoms with Crippen molar-refractivity contribution in [2.24, 2.45) is 45.3 Å². The van der Waals surface area contributed by atoms with Crippen LogP contribution in [-0.4, -0.2) is 18.9 Å². The third kappa shape index (κ3) is 4.89. The number of ether oxygens (including phenoxy) is 2. The standard InChI is InChI=1S/C34H56O3/c1-23(2)11-10-12-25(5)31(6)19-20-32(7)28(31)16-18-34(9)29(32)14-13-26-21-27(15-17-33(26,34)8)36-22-37-30(35)24(3)4/h13,23,25,27-29H,3,10-12,14-22H2,1-2,4-9H3/t25-,27?,28-,29+,31-,32-,33+,34+/m1/s1. The number of fused-ring (bicyclic) bond motifs is 5. The summed E-state index contributed by atoms with van der Waals surface area (Å²) in [7, 11) is 0. The quantitative estimate of drug-likeness (QED) is 0.134. The molecule has 0 N–H and O–H groups in total. The highest BCUT2D eigenvalue weighted by molar-refractivity contribution is 5.86. The summed E-state index contributed by atoms with van der Waals surface area (Å²) in [6.45, 7) is 23.3. The van der Waals surface area contributed by atoms with Crippen LogP contribution in [0.3, 0.4) is 0 Å². The maximum Gasteiger partial charge on any atom is 0.335 e. The predicted octanol–water partition coefficient (Wildman–Crippen LogP) is 9.27. The van der Waals surface area contributed by atoms with Crippen LogP contribution in [0.4, 0.5) is 0 Å². The van der Waals surface area contributed by atoms with Crippen molar-refractivity contribution >= 4 is 5.97 Å². The van der Waals surface area contributed by atoms with E-state index in [2.05, 4.69) is 61.1 Å². The molecule has 0 spiro atoms. The number of carbonyl (C=O) groups excluding carboxylic acids is 1. The third-order valence-corrected chi connectivity index (χ3v) is 12.7. The van der Waals surface area contributed by atoms with E-state index in [1.807, 2.05) is 0 Å². The normalized spacial score (nSPS) is 41.9. The monoisotopic (exact) mass is 512 g/mol. The second-order valence-electron chi connectivity index (χ2n) is 15.0. The van der Waals surface area contributed by atoms with Gasteiger partial charge in [-0.05, 0) is 104 Å². The second-order valence-corrected chi connectivity index (χ2v) is 15.0. The van der Waals surface area contributed by atoms with E-state index >= 15 is 0 Å². The molecule has 0 amide bonds. The third-order valence-electron chi connectivity index (χ3n) is 12.7. The maximum atomic E-state index is 11.7. The predicted molar refractivity (Wildman–Crippen MR) is 153 cm³/mol. The van der Waals surface area contributed by atoms with Gasteiger partial charge >= 0.3 is 5.97 Å². The van der Waals surface area contributed by atoms with Crippen LogP contribution in [0.2, 0.25) is 0 Å². The molecule has 3 saturated carbocycles. The van der Waals surface area contributed by atoms with Crippen LogP contribution < -0.4 is 0 Å². The lowest BCUT2D eigenvalue weighted by atomic mass is 9.39. The zero-order valence-corrected chi connectivity index (χ0v) is 25.4. The zero-order valence-electron chi connectivity index (χ0n) is 25.4. The molecule has 0 bridgehead atoms. The lowest BCUT2D eigenvalue weighted by Gasteiger charge is -2.66. The van der Waals surface area contributed by atoms with Gasteiger partial charge in [-0.2, -0.15) is 0 Å². The molecule has 0 heterocycles. The van der Waals surface area contributed by atoms with Crippen molar-refractivity contribution in [3.8, 4) is 0 Å². The molecule has 0 aliphatic heterocycles. The Bertz CT molecular complexity index is 903. The van der Waals surface area contributed by atoms with E-state index in [-0.39, 0.29) is 24.3 Å². The molecule has 4 aliphatic carbocycles. The number of carbonyl (C=O) groups is 1. The van der Waals surface area contributed by atoms with Crippen LogP contribution in [0.5, 0.6) is 0 Å². The molecular formula is C34H56O3. The summed E-state index contributed by atoms with van der Waals surface area (Å²) < 4.78 is 11.3. The molecule has 0 aromatic carbocycles. The summed E-state index contributed by atoms with van der Waals surface area (Å²) >= 11 is 0. The Kier molecular flexibility index (Phi) is 8.18. The molecule has 4 aliphatic rings. The number of esters is 1. The van der Waals surface area contributed by atoms with Gasteiger partial charge in [0.05, 0.1) is 6.10 Å². The van der Waals surface area contributed by atoms with Gasteiger partial charge in [0.25, 0.3) is 0 Å². The minimum atomic E-state index is -0.365. The van der Waals surface area contributed by atoms with Crippen molar-refractivity contribution in [1.29, 1.82) is 0 Å². The van der Waals surface area contributed by atoms with Crippen molar-refractivity contribution in [2.45, 2.75) is 132 Å². The summed E-state index contributed by atoms with van der Waals surface area (Å²) in [6, 6.07) is 0. The minimum absolute atomic E-state index is 0.0356. The molecular weight excluding hydrogens is 456 g/mol. The van der Waals surface area contributed by atoms with Crippen LogP contribution in [-0.2, 0) is 14.3 Å². The molecule has 3 fully saturated rings. The summed E-state index contributed by atoms with van der Waals surface area (Å²) in [5.41, 5.74) is 3.57. The van der Waals surface area contributed by atoms with Crippen molar-refractivity contribution in [3.63, 3.8) is 0 Å². The van der Waals surface area contributed by atoms with Crippen LogP contribution >= 0.6 is 0 Å². The first kappa shape index (κ1) is 28.9. The highest BCUT2D eigenvalue weighted by Crippen LogP contribution is 2.75. The first-order chi connectivity index (χ1) is 17.3. The SMILES string of the molecule is C=C(C)C(=O)OCOC1CC[C@@]2(C)C(=CC[C@H]3[C@]4(C)CC[C@](C)([C@H](C)CCCC(C)C)[C@H]4CC[C@@]32C)C1. The van der Waals surface area contributed by atoms with E-state index in [4.69, 9.17) is 9.47 Å². The van der Waals surface area contributed by atoms with Gasteiger partial charge in [0, 0.05) is 5.57 Å². The molecule has 0 saturated heterocycles. The Morgan fingerprint density at radius 1 is 1.03 bits per heavy atom. The van der Waals surface area contributed by atoms with E-state index in [0.29, 0.717) is 21.8 Å². The maximum absolute atomic E-state index is 11.7.